The third-order valence-corrected chi connectivity index (χ3v) is 6.83. The fourth-order valence-corrected chi connectivity index (χ4v) is 4.83. The second-order valence-electron chi connectivity index (χ2n) is 9.29. The molecule has 0 radical (unpaired) electrons. The minimum Gasteiger partial charge on any atom is -0.348 e. The highest BCUT2D eigenvalue weighted by atomic mass is 19.1. The first-order valence-electron chi connectivity index (χ1n) is 11.6. The van der Waals surface area contributed by atoms with Gasteiger partial charge in [0.25, 0.3) is 5.91 Å². The molecule has 1 saturated heterocycles. The highest BCUT2D eigenvalue weighted by Gasteiger charge is 2.53. The van der Waals surface area contributed by atoms with Crippen molar-refractivity contribution in [3.05, 3.63) is 90.1 Å². The summed E-state index contributed by atoms with van der Waals surface area (Å²) < 4.78 is 43.6. The van der Waals surface area contributed by atoms with Gasteiger partial charge in [-0.2, -0.15) is 5.10 Å². The van der Waals surface area contributed by atoms with Gasteiger partial charge in [0.1, 0.15) is 11.6 Å². The van der Waals surface area contributed by atoms with Crippen molar-refractivity contribution in [1.29, 1.82) is 0 Å². The predicted molar refractivity (Wildman–Crippen MR) is 127 cm³/mol. The molecule has 3 aromatic carbocycles. The molecule has 4 aromatic rings. The maximum atomic E-state index is 14.4. The Morgan fingerprint density at radius 3 is 2.44 bits per heavy atom. The van der Waals surface area contributed by atoms with Crippen molar-refractivity contribution >= 4 is 28.4 Å². The van der Waals surface area contributed by atoms with Crippen molar-refractivity contribution in [1.82, 2.24) is 15.1 Å². The monoisotopic (exact) mass is 490 g/mol. The van der Waals surface area contributed by atoms with Gasteiger partial charge in [-0.25, -0.2) is 17.9 Å². The Morgan fingerprint density at radius 1 is 0.972 bits per heavy atom. The van der Waals surface area contributed by atoms with Gasteiger partial charge in [-0.1, -0.05) is 12.1 Å². The molecule has 6 nitrogen and oxygen atoms in total. The van der Waals surface area contributed by atoms with Gasteiger partial charge >= 0.3 is 0 Å². The molecule has 2 heterocycles. The number of carbonyl (C=O) groups is 2. The summed E-state index contributed by atoms with van der Waals surface area (Å²) in [4.78, 5) is 27.2. The molecule has 0 unspecified atom stereocenters. The Bertz CT molecular complexity index is 1500. The Morgan fingerprint density at radius 2 is 1.72 bits per heavy atom. The topological polar surface area (TPSA) is 67.2 Å². The van der Waals surface area contributed by atoms with Crippen LogP contribution in [0.15, 0.2) is 72.9 Å². The zero-order valence-electron chi connectivity index (χ0n) is 19.0. The molecule has 2 fully saturated rings. The average Bonchev–Trinajstić information content (AvgIpc) is 3.35. The van der Waals surface area contributed by atoms with Crippen molar-refractivity contribution in [3.63, 3.8) is 0 Å². The molecule has 1 aliphatic heterocycles. The Hall–Kier alpha value is -4.14. The molecule has 2 aliphatic rings. The van der Waals surface area contributed by atoms with E-state index in [-0.39, 0.29) is 31.0 Å². The number of carbonyl (C=O) groups excluding carboxylic acids is 2. The van der Waals surface area contributed by atoms with E-state index in [0.717, 1.165) is 10.9 Å². The maximum Gasteiger partial charge on any atom is 0.257 e. The number of nitrogens with one attached hydrogen (secondary N) is 1. The number of hydrogen-bond acceptors (Lipinski definition) is 3. The normalized spacial score (nSPS) is 20.6. The molecule has 36 heavy (non-hydrogen) atoms. The summed E-state index contributed by atoms with van der Waals surface area (Å²) in [7, 11) is 0. The number of anilines is 1. The number of aromatic nitrogens is 2. The van der Waals surface area contributed by atoms with Crippen LogP contribution in [0.1, 0.15) is 30.9 Å². The summed E-state index contributed by atoms with van der Waals surface area (Å²) in [6.07, 6.45) is 1.90. The second-order valence-corrected chi connectivity index (χ2v) is 9.29. The van der Waals surface area contributed by atoms with Crippen molar-refractivity contribution in [2.24, 2.45) is 0 Å². The van der Waals surface area contributed by atoms with E-state index in [9.17, 15) is 22.8 Å². The molecule has 1 saturated carbocycles. The van der Waals surface area contributed by atoms with Gasteiger partial charge in [0.05, 0.1) is 29.5 Å². The van der Waals surface area contributed by atoms with Crippen molar-refractivity contribution < 1.29 is 22.8 Å². The number of benzene rings is 3. The first-order chi connectivity index (χ1) is 17.3. The SMILES string of the molecule is O=C1C[C@H](NC(=O)C2(F)CC2)[C@@H](c2cccc(F)c2)N1c1ccc2c(cnn2-c2ccc(F)cc2)c1. The smallest absolute Gasteiger partial charge is 0.257 e. The summed E-state index contributed by atoms with van der Waals surface area (Å²) in [5.74, 6) is -1.84. The lowest BCUT2D eigenvalue weighted by Gasteiger charge is -2.29. The van der Waals surface area contributed by atoms with Crippen LogP contribution in [0.3, 0.4) is 0 Å². The van der Waals surface area contributed by atoms with Gasteiger partial charge < -0.3 is 10.2 Å². The van der Waals surface area contributed by atoms with E-state index < -0.39 is 29.5 Å². The van der Waals surface area contributed by atoms with Crippen molar-refractivity contribution in [3.8, 4) is 5.69 Å². The highest BCUT2D eigenvalue weighted by Crippen LogP contribution is 2.42. The lowest BCUT2D eigenvalue weighted by atomic mass is 9.99. The van der Waals surface area contributed by atoms with Crippen LogP contribution >= 0.6 is 0 Å². The van der Waals surface area contributed by atoms with Gasteiger partial charge in [0.15, 0.2) is 5.67 Å². The number of amides is 2. The number of fused-ring (bicyclic) bond motifs is 1. The standard InChI is InChI=1S/C27H21F3N4O2/c28-18-4-6-20(7-5-18)34-23-9-8-21(13-17(23)15-31-34)33-24(35)14-22(32-26(36)27(30)10-11-27)25(33)16-2-1-3-19(29)12-16/h1-9,12-13,15,22,25H,10-11,14H2,(H,32,36)/t22-,25+/m0/s1. The van der Waals surface area contributed by atoms with Gasteiger partial charge in [0, 0.05) is 17.5 Å². The summed E-state index contributed by atoms with van der Waals surface area (Å²) in [5, 5.41) is 7.83. The quantitative estimate of drug-likeness (QED) is 0.438. The molecular weight excluding hydrogens is 469 g/mol. The molecule has 182 valence electrons. The minimum atomic E-state index is -1.89. The molecule has 0 bridgehead atoms. The first kappa shape index (κ1) is 22.3. The molecule has 9 heteroatoms. The number of alkyl halides is 1. The molecule has 1 aromatic heterocycles. The van der Waals surface area contributed by atoms with Crippen LogP contribution in [-0.2, 0) is 9.59 Å². The number of nitrogens with zero attached hydrogens (tertiary/aromatic N) is 3. The molecule has 2 amide bonds. The van der Waals surface area contributed by atoms with Crippen LogP contribution in [0, 0.1) is 11.6 Å². The van der Waals surface area contributed by atoms with Gasteiger partial charge in [-0.15, -0.1) is 0 Å². The summed E-state index contributed by atoms with van der Waals surface area (Å²) in [5.41, 5.74) is 0.571. The molecule has 1 aliphatic carbocycles. The lowest BCUT2D eigenvalue weighted by molar-refractivity contribution is -0.128. The number of halogens is 3. The Labute approximate surface area is 204 Å². The Kier molecular flexibility index (Phi) is 5.10. The molecule has 6 rings (SSSR count). The van der Waals surface area contributed by atoms with E-state index in [1.807, 2.05) is 0 Å². The molecule has 2 atom stereocenters. The van der Waals surface area contributed by atoms with E-state index >= 15 is 0 Å². The van der Waals surface area contributed by atoms with E-state index in [2.05, 4.69) is 10.4 Å². The second kappa shape index (κ2) is 8.22. The molecule has 0 spiro atoms. The molecular formula is C27H21F3N4O2. The summed E-state index contributed by atoms with van der Waals surface area (Å²) >= 11 is 0. The van der Waals surface area contributed by atoms with Crippen molar-refractivity contribution in [2.45, 2.75) is 37.0 Å². The molecule has 1 N–H and O–H groups in total. The fraction of sp³-hybridized carbons (Fsp3) is 0.222. The number of rotatable bonds is 5. The van der Waals surface area contributed by atoms with Gasteiger partial charge in [0.2, 0.25) is 5.91 Å². The van der Waals surface area contributed by atoms with Crippen LogP contribution < -0.4 is 10.2 Å². The van der Waals surface area contributed by atoms with Gasteiger partial charge in [-0.3, -0.25) is 9.59 Å². The third kappa shape index (κ3) is 3.80. The summed E-state index contributed by atoms with van der Waals surface area (Å²) in [6, 6.07) is 15.7. The Balaban J connectivity index is 1.39. The summed E-state index contributed by atoms with van der Waals surface area (Å²) in [6.45, 7) is 0. The van der Waals surface area contributed by atoms with E-state index in [0.29, 0.717) is 16.9 Å². The van der Waals surface area contributed by atoms with Crippen LogP contribution in [0.4, 0.5) is 18.9 Å². The third-order valence-electron chi connectivity index (χ3n) is 6.83. The highest BCUT2D eigenvalue weighted by molar-refractivity contribution is 6.00. The number of hydrogen-bond donors (Lipinski definition) is 1. The predicted octanol–water partition coefficient (Wildman–Crippen LogP) is 4.77. The zero-order chi connectivity index (χ0) is 25.0. The van der Waals surface area contributed by atoms with Crippen LogP contribution in [0.2, 0.25) is 0 Å². The van der Waals surface area contributed by atoms with Crippen LogP contribution in [0.5, 0.6) is 0 Å². The van der Waals surface area contributed by atoms with E-state index in [1.54, 1.807) is 47.3 Å². The van der Waals surface area contributed by atoms with E-state index in [4.69, 9.17) is 0 Å². The zero-order valence-corrected chi connectivity index (χ0v) is 19.0. The minimum absolute atomic E-state index is 0.0458. The van der Waals surface area contributed by atoms with Crippen molar-refractivity contribution in [2.75, 3.05) is 4.90 Å². The fourth-order valence-electron chi connectivity index (χ4n) is 4.83. The van der Waals surface area contributed by atoms with E-state index in [1.165, 1.54) is 35.2 Å². The maximum absolute atomic E-state index is 14.4. The average molecular weight is 490 g/mol. The largest absolute Gasteiger partial charge is 0.348 e. The van der Waals surface area contributed by atoms with Crippen LogP contribution in [-0.4, -0.2) is 33.3 Å². The lowest BCUT2D eigenvalue weighted by Crippen LogP contribution is -2.44. The van der Waals surface area contributed by atoms with Crippen LogP contribution in [0.25, 0.3) is 16.6 Å². The van der Waals surface area contributed by atoms with Gasteiger partial charge in [-0.05, 0) is 73.0 Å². The first-order valence-corrected chi connectivity index (χ1v) is 11.6.